The van der Waals surface area contributed by atoms with Crippen molar-refractivity contribution in [2.24, 2.45) is 0 Å². The Balaban J connectivity index is 1.59. The summed E-state index contributed by atoms with van der Waals surface area (Å²) >= 11 is 0. The lowest BCUT2D eigenvalue weighted by Gasteiger charge is -2.26. The number of ether oxygens (including phenoxy) is 1. The van der Waals surface area contributed by atoms with Crippen LogP contribution >= 0.6 is 0 Å². The van der Waals surface area contributed by atoms with Gasteiger partial charge in [0.15, 0.2) is 11.4 Å². The van der Waals surface area contributed by atoms with Crippen LogP contribution in [-0.4, -0.2) is 26.6 Å². The third kappa shape index (κ3) is 5.21. The predicted octanol–water partition coefficient (Wildman–Crippen LogP) is 5.85. The van der Waals surface area contributed by atoms with Gasteiger partial charge in [-0.2, -0.15) is 4.98 Å². The van der Waals surface area contributed by atoms with E-state index in [1.165, 1.54) is 6.92 Å². The number of aromatic nitrogens is 3. The number of carbonyl (C=O) groups excluding carboxylic acids is 2. The normalized spacial score (nSPS) is 11.5. The van der Waals surface area contributed by atoms with Crippen molar-refractivity contribution in [1.29, 1.82) is 0 Å². The average Bonchev–Trinajstić information content (AvgIpc) is 3.23. The number of carbonyl (C=O) groups is 2. The molecule has 0 saturated heterocycles. The molecule has 4 aromatic rings. The second-order valence-electron chi connectivity index (χ2n) is 8.83. The Morgan fingerprint density at radius 3 is 2.34 bits per heavy atom. The molecule has 0 atom stereocenters. The maximum atomic E-state index is 13.8. The molecule has 0 bridgehead atoms. The Morgan fingerprint density at radius 2 is 1.74 bits per heavy atom. The fourth-order valence-corrected chi connectivity index (χ4v) is 3.94. The number of aromatic amines is 1. The van der Waals surface area contributed by atoms with Gasteiger partial charge in [-0.1, -0.05) is 43.3 Å². The zero-order valence-corrected chi connectivity index (χ0v) is 20.1. The Morgan fingerprint density at radius 1 is 1.06 bits per heavy atom. The number of rotatable bonds is 8. The number of nitrogens with zero attached hydrogens (tertiary/aromatic N) is 2. The molecule has 1 amide bonds. The molecule has 2 aromatic heterocycles. The maximum absolute atomic E-state index is 13.8. The first-order valence-electron chi connectivity index (χ1n) is 11.4. The molecule has 0 unspecified atom stereocenters. The van der Waals surface area contributed by atoms with E-state index in [2.05, 4.69) is 20.3 Å². The van der Waals surface area contributed by atoms with Crippen LogP contribution in [-0.2, 0) is 17.0 Å². The number of pyridine rings is 1. The molecule has 0 radical (unpaired) electrons. The average molecular weight is 475 g/mol. The summed E-state index contributed by atoms with van der Waals surface area (Å²) in [5.41, 5.74) is 3.55. The van der Waals surface area contributed by atoms with Gasteiger partial charge in [0, 0.05) is 30.0 Å². The highest BCUT2D eigenvalue weighted by atomic mass is 19.1. The lowest BCUT2D eigenvalue weighted by atomic mass is 9.94. The molecule has 35 heavy (non-hydrogen) atoms. The maximum Gasteiger partial charge on any atom is 0.301 e. The van der Waals surface area contributed by atoms with Crippen LogP contribution in [0.25, 0.3) is 22.4 Å². The van der Waals surface area contributed by atoms with Gasteiger partial charge in [0.05, 0.1) is 16.7 Å². The summed E-state index contributed by atoms with van der Waals surface area (Å²) in [7, 11) is 0. The monoisotopic (exact) mass is 474 g/mol. The first-order valence-corrected chi connectivity index (χ1v) is 11.4. The second-order valence-corrected chi connectivity index (χ2v) is 8.83. The number of alkyl halides is 1. The standard InChI is InChI=1S/C27H27FN4O3/c1-5-23(34)17-6-8-18(9-7-17)24-19(15-28)14-22-25(30-24)31-26(29-22)35-21-12-10-20(11-13-21)27(3,4)32-16(2)33/h6-14H,5,15H2,1-4H3,(H,32,33)(H,29,30,31). The van der Waals surface area contributed by atoms with E-state index in [0.717, 1.165) is 5.56 Å². The summed E-state index contributed by atoms with van der Waals surface area (Å²) in [6.45, 7) is 6.44. The van der Waals surface area contributed by atoms with Gasteiger partial charge < -0.3 is 15.0 Å². The summed E-state index contributed by atoms with van der Waals surface area (Å²) in [6, 6.07) is 16.2. The molecule has 0 saturated carbocycles. The van der Waals surface area contributed by atoms with Crippen LogP contribution in [0.5, 0.6) is 11.8 Å². The highest BCUT2D eigenvalue weighted by molar-refractivity contribution is 5.96. The zero-order chi connectivity index (χ0) is 25.2. The third-order valence-corrected chi connectivity index (χ3v) is 5.75. The quantitative estimate of drug-likeness (QED) is 0.312. The molecule has 4 rings (SSSR count). The Bertz CT molecular complexity index is 1380. The summed E-state index contributed by atoms with van der Waals surface area (Å²) in [5, 5.41) is 2.91. The van der Waals surface area contributed by atoms with Gasteiger partial charge in [0.25, 0.3) is 0 Å². The number of nitrogens with one attached hydrogen (secondary N) is 2. The van der Waals surface area contributed by atoms with Gasteiger partial charge in [0.1, 0.15) is 12.4 Å². The van der Waals surface area contributed by atoms with Crippen LogP contribution in [0.15, 0.2) is 54.6 Å². The number of ketones is 1. The van der Waals surface area contributed by atoms with E-state index in [1.54, 1.807) is 42.5 Å². The van der Waals surface area contributed by atoms with Gasteiger partial charge >= 0.3 is 6.01 Å². The van der Waals surface area contributed by atoms with Crippen LogP contribution in [0.3, 0.4) is 0 Å². The first-order chi connectivity index (χ1) is 16.7. The fourth-order valence-electron chi connectivity index (χ4n) is 3.94. The van der Waals surface area contributed by atoms with E-state index in [-0.39, 0.29) is 17.7 Å². The molecule has 2 N–H and O–H groups in total. The number of hydrogen-bond donors (Lipinski definition) is 2. The number of H-pyrrole nitrogens is 1. The topological polar surface area (TPSA) is 97.0 Å². The number of fused-ring (bicyclic) bond motifs is 1. The number of imidazole rings is 1. The molecule has 180 valence electrons. The molecule has 2 heterocycles. The molecule has 8 heteroatoms. The second kappa shape index (κ2) is 9.66. The van der Waals surface area contributed by atoms with E-state index in [9.17, 15) is 14.0 Å². The van der Waals surface area contributed by atoms with Crippen molar-refractivity contribution in [3.05, 3.63) is 71.3 Å². The molecule has 0 fully saturated rings. The number of Topliss-reactive ketones (excluding diaryl/α,β-unsaturated/α-hetero) is 1. The third-order valence-electron chi connectivity index (χ3n) is 5.75. The molecule has 0 spiro atoms. The number of halogens is 1. The van der Waals surface area contributed by atoms with Crippen molar-refractivity contribution in [1.82, 2.24) is 20.3 Å². The van der Waals surface area contributed by atoms with Gasteiger partial charge in [-0.05, 0) is 37.6 Å². The Kier molecular flexibility index (Phi) is 6.64. The fraction of sp³-hybridized carbons (Fsp3) is 0.259. The smallest absolute Gasteiger partial charge is 0.301 e. The highest BCUT2D eigenvalue weighted by Crippen LogP contribution is 2.29. The summed E-state index contributed by atoms with van der Waals surface area (Å²) in [6.07, 6.45) is 0.422. The predicted molar refractivity (Wildman–Crippen MR) is 132 cm³/mol. The minimum Gasteiger partial charge on any atom is -0.426 e. The summed E-state index contributed by atoms with van der Waals surface area (Å²) in [4.78, 5) is 35.4. The van der Waals surface area contributed by atoms with Crippen molar-refractivity contribution < 1.29 is 18.7 Å². The van der Waals surface area contributed by atoms with Crippen molar-refractivity contribution in [3.8, 4) is 23.0 Å². The minimum absolute atomic E-state index is 0.0477. The molecule has 7 nitrogen and oxygen atoms in total. The van der Waals surface area contributed by atoms with Gasteiger partial charge in [-0.25, -0.2) is 9.37 Å². The SMILES string of the molecule is CCC(=O)c1ccc(-c2nc3nc(Oc4ccc(C(C)(C)NC(C)=O)cc4)[nH]c3cc2CF)cc1. The molecular formula is C27H27FN4O3. The van der Waals surface area contributed by atoms with Crippen LogP contribution in [0, 0.1) is 0 Å². The lowest BCUT2D eigenvalue weighted by Crippen LogP contribution is -2.39. The van der Waals surface area contributed by atoms with Crippen LogP contribution in [0.4, 0.5) is 4.39 Å². The minimum atomic E-state index is -0.700. The van der Waals surface area contributed by atoms with Crippen LogP contribution in [0.2, 0.25) is 0 Å². The van der Waals surface area contributed by atoms with E-state index in [4.69, 9.17) is 4.74 Å². The van der Waals surface area contributed by atoms with Gasteiger partial charge in [0.2, 0.25) is 5.91 Å². The van der Waals surface area contributed by atoms with E-state index in [0.29, 0.717) is 45.7 Å². The summed E-state index contributed by atoms with van der Waals surface area (Å²) in [5.74, 6) is 0.488. The van der Waals surface area contributed by atoms with Gasteiger partial charge in [-0.3, -0.25) is 9.59 Å². The highest BCUT2D eigenvalue weighted by Gasteiger charge is 2.21. The van der Waals surface area contributed by atoms with Crippen molar-refractivity contribution in [2.45, 2.75) is 46.3 Å². The number of benzene rings is 2. The number of amides is 1. The van der Waals surface area contributed by atoms with Gasteiger partial charge in [-0.15, -0.1) is 0 Å². The van der Waals surface area contributed by atoms with E-state index < -0.39 is 12.2 Å². The molecule has 0 aliphatic rings. The lowest BCUT2D eigenvalue weighted by molar-refractivity contribution is -0.120. The zero-order valence-electron chi connectivity index (χ0n) is 20.1. The van der Waals surface area contributed by atoms with Crippen molar-refractivity contribution in [3.63, 3.8) is 0 Å². The molecular weight excluding hydrogens is 447 g/mol. The summed E-state index contributed by atoms with van der Waals surface area (Å²) < 4.78 is 19.7. The van der Waals surface area contributed by atoms with Crippen molar-refractivity contribution >= 4 is 22.9 Å². The Hall–Kier alpha value is -4.07. The van der Waals surface area contributed by atoms with E-state index in [1.807, 2.05) is 32.9 Å². The molecule has 2 aromatic carbocycles. The van der Waals surface area contributed by atoms with Crippen LogP contribution in [0.1, 0.15) is 55.6 Å². The molecule has 0 aliphatic heterocycles. The van der Waals surface area contributed by atoms with Crippen molar-refractivity contribution in [2.75, 3.05) is 0 Å². The molecule has 0 aliphatic carbocycles. The van der Waals surface area contributed by atoms with E-state index >= 15 is 0 Å². The Labute approximate surface area is 202 Å². The first kappa shape index (κ1) is 24.1. The number of hydrogen-bond acceptors (Lipinski definition) is 5. The van der Waals surface area contributed by atoms with Crippen LogP contribution < -0.4 is 10.1 Å². The largest absolute Gasteiger partial charge is 0.426 e.